The highest BCUT2D eigenvalue weighted by Gasteiger charge is 2.06. The predicted octanol–water partition coefficient (Wildman–Crippen LogP) is 3.39. The fraction of sp³-hybridized carbons (Fsp3) is 0.167. The Morgan fingerprint density at radius 2 is 2.00 bits per heavy atom. The van der Waals surface area contributed by atoms with Crippen LogP contribution < -0.4 is 5.32 Å². The summed E-state index contributed by atoms with van der Waals surface area (Å²) in [5.41, 5.74) is 1.12. The molecule has 0 saturated carbocycles. The normalized spacial score (nSPS) is 10.4. The maximum absolute atomic E-state index is 13.7. The maximum Gasteiger partial charge on any atom is 0.222 e. The van der Waals surface area contributed by atoms with Gasteiger partial charge in [0.15, 0.2) is 0 Å². The van der Waals surface area contributed by atoms with E-state index in [2.05, 4.69) is 43.8 Å². The van der Waals surface area contributed by atoms with Crippen LogP contribution in [0.25, 0.3) is 11.1 Å². The molecule has 0 unspecified atom stereocenters. The summed E-state index contributed by atoms with van der Waals surface area (Å²) in [4.78, 5) is 8.25. The summed E-state index contributed by atoms with van der Waals surface area (Å²) < 4.78 is 14.5. The van der Waals surface area contributed by atoms with Crippen LogP contribution in [-0.2, 0) is 0 Å². The minimum absolute atomic E-state index is 0.294. The van der Waals surface area contributed by atoms with Gasteiger partial charge in [0.1, 0.15) is 5.82 Å². The Kier molecular flexibility index (Phi) is 4.54. The molecule has 6 heteroatoms. The number of hydrogen-bond acceptors (Lipinski definition) is 4. The fourth-order valence-electron chi connectivity index (χ4n) is 1.44. The van der Waals surface area contributed by atoms with Crippen molar-refractivity contribution < 1.29 is 4.39 Å². The number of anilines is 1. The summed E-state index contributed by atoms with van der Waals surface area (Å²) >= 11 is 7.39. The minimum atomic E-state index is -0.294. The van der Waals surface area contributed by atoms with Gasteiger partial charge in [0, 0.05) is 40.3 Å². The van der Waals surface area contributed by atoms with Gasteiger partial charge in [-0.3, -0.25) is 0 Å². The third kappa shape index (κ3) is 3.20. The van der Waals surface area contributed by atoms with E-state index in [1.54, 1.807) is 24.5 Å². The number of benzene rings is 1. The third-order valence-corrected chi connectivity index (χ3v) is 3.00. The average molecular weight is 328 g/mol. The van der Waals surface area contributed by atoms with Crippen molar-refractivity contribution in [3.8, 4) is 11.1 Å². The first-order valence-corrected chi connectivity index (χ1v) is 6.75. The van der Waals surface area contributed by atoms with Gasteiger partial charge in [-0.05, 0) is 18.2 Å². The van der Waals surface area contributed by atoms with Crippen LogP contribution in [0, 0.1) is 5.82 Å². The number of thiol groups is 1. The minimum Gasteiger partial charge on any atom is -0.353 e. The molecule has 2 rings (SSSR count). The summed E-state index contributed by atoms with van der Waals surface area (Å²) in [6.45, 7) is 0.688. The molecule has 0 spiro atoms. The molecule has 0 radical (unpaired) electrons. The van der Waals surface area contributed by atoms with Crippen LogP contribution >= 0.6 is 28.6 Å². The van der Waals surface area contributed by atoms with Crippen molar-refractivity contribution in [2.45, 2.75) is 0 Å². The van der Waals surface area contributed by atoms with Crippen LogP contribution in [0.5, 0.6) is 0 Å². The first kappa shape index (κ1) is 13.3. The first-order chi connectivity index (χ1) is 8.70. The Labute approximate surface area is 118 Å². The smallest absolute Gasteiger partial charge is 0.222 e. The van der Waals surface area contributed by atoms with Crippen LogP contribution in [0.15, 0.2) is 35.1 Å². The van der Waals surface area contributed by atoms with E-state index in [4.69, 9.17) is 0 Å². The molecule has 0 saturated heterocycles. The Morgan fingerprint density at radius 3 is 2.67 bits per heavy atom. The van der Waals surface area contributed by atoms with E-state index in [9.17, 15) is 4.39 Å². The van der Waals surface area contributed by atoms with E-state index in [0.29, 0.717) is 29.4 Å². The summed E-state index contributed by atoms with van der Waals surface area (Å²) in [5, 5.41) is 3.00. The molecular formula is C12H11BrFN3S. The Morgan fingerprint density at radius 1 is 1.28 bits per heavy atom. The van der Waals surface area contributed by atoms with Crippen molar-refractivity contribution in [2.24, 2.45) is 0 Å². The highest BCUT2D eigenvalue weighted by atomic mass is 79.9. The quantitative estimate of drug-likeness (QED) is 0.845. The SMILES string of the molecule is Fc1ccc(Br)cc1-c1cnc(NCCS)nc1. The Hall–Kier alpha value is -1.14. The van der Waals surface area contributed by atoms with E-state index in [1.807, 2.05) is 0 Å². The highest BCUT2D eigenvalue weighted by molar-refractivity contribution is 9.10. The maximum atomic E-state index is 13.7. The lowest BCUT2D eigenvalue weighted by molar-refractivity contribution is 0.631. The Bertz CT molecular complexity index is 533. The number of nitrogens with one attached hydrogen (secondary N) is 1. The molecule has 1 aromatic heterocycles. The number of hydrogen-bond donors (Lipinski definition) is 2. The van der Waals surface area contributed by atoms with Crippen LogP contribution in [0.4, 0.5) is 10.3 Å². The molecule has 0 atom stereocenters. The summed E-state index contributed by atoms with van der Waals surface area (Å²) in [6, 6.07) is 4.77. The molecular weight excluding hydrogens is 317 g/mol. The molecule has 3 nitrogen and oxygen atoms in total. The molecule has 94 valence electrons. The van der Waals surface area contributed by atoms with Gasteiger partial charge in [0.05, 0.1) is 0 Å². The van der Waals surface area contributed by atoms with Crippen molar-refractivity contribution in [1.29, 1.82) is 0 Å². The molecule has 0 fully saturated rings. The van der Waals surface area contributed by atoms with Gasteiger partial charge in [-0.25, -0.2) is 14.4 Å². The van der Waals surface area contributed by atoms with Crippen LogP contribution in [0.2, 0.25) is 0 Å². The lowest BCUT2D eigenvalue weighted by atomic mass is 10.1. The van der Waals surface area contributed by atoms with Crippen molar-refractivity contribution >= 4 is 34.5 Å². The summed E-state index contributed by atoms with van der Waals surface area (Å²) in [5.74, 6) is 0.923. The van der Waals surface area contributed by atoms with Crippen molar-refractivity contribution in [3.63, 3.8) is 0 Å². The third-order valence-electron chi connectivity index (χ3n) is 2.29. The monoisotopic (exact) mass is 327 g/mol. The van der Waals surface area contributed by atoms with Gasteiger partial charge in [-0.15, -0.1) is 0 Å². The molecule has 0 aliphatic heterocycles. The van der Waals surface area contributed by atoms with Crippen molar-refractivity contribution in [2.75, 3.05) is 17.6 Å². The van der Waals surface area contributed by atoms with Crippen LogP contribution in [-0.4, -0.2) is 22.3 Å². The lowest BCUT2D eigenvalue weighted by Crippen LogP contribution is -2.05. The molecule has 0 amide bonds. The topological polar surface area (TPSA) is 37.8 Å². The van der Waals surface area contributed by atoms with E-state index in [0.717, 1.165) is 4.47 Å². The van der Waals surface area contributed by atoms with Gasteiger partial charge in [0.2, 0.25) is 5.95 Å². The van der Waals surface area contributed by atoms with E-state index >= 15 is 0 Å². The lowest BCUT2D eigenvalue weighted by Gasteiger charge is -2.05. The molecule has 0 bridgehead atoms. The van der Waals surface area contributed by atoms with Gasteiger partial charge in [-0.2, -0.15) is 12.6 Å². The molecule has 0 aliphatic rings. The zero-order valence-corrected chi connectivity index (χ0v) is 11.9. The van der Waals surface area contributed by atoms with Gasteiger partial charge in [0.25, 0.3) is 0 Å². The second-order valence-electron chi connectivity index (χ2n) is 3.57. The van der Waals surface area contributed by atoms with E-state index in [1.165, 1.54) is 6.07 Å². The van der Waals surface area contributed by atoms with Crippen LogP contribution in [0.1, 0.15) is 0 Å². The van der Waals surface area contributed by atoms with E-state index in [-0.39, 0.29) is 5.82 Å². The first-order valence-electron chi connectivity index (χ1n) is 5.33. The largest absolute Gasteiger partial charge is 0.353 e. The second-order valence-corrected chi connectivity index (χ2v) is 4.93. The zero-order valence-electron chi connectivity index (χ0n) is 9.40. The van der Waals surface area contributed by atoms with Crippen LogP contribution in [0.3, 0.4) is 0 Å². The summed E-state index contributed by atoms with van der Waals surface area (Å²) in [7, 11) is 0. The van der Waals surface area contributed by atoms with Crippen molar-refractivity contribution in [3.05, 3.63) is 40.9 Å². The summed E-state index contributed by atoms with van der Waals surface area (Å²) in [6.07, 6.45) is 3.19. The van der Waals surface area contributed by atoms with Gasteiger partial charge in [-0.1, -0.05) is 15.9 Å². The number of halogens is 2. The molecule has 2 aromatic rings. The van der Waals surface area contributed by atoms with Crippen molar-refractivity contribution in [1.82, 2.24) is 9.97 Å². The molecule has 1 aromatic carbocycles. The Balaban J connectivity index is 2.25. The fourth-order valence-corrected chi connectivity index (χ4v) is 1.92. The number of rotatable bonds is 4. The average Bonchev–Trinajstić information content (AvgIpc) is 2.40. The molecule has 1 heterocycles. The van der Waals surface area contributed by atoms with Gasteiger partial charge >= 0.3 is 0 Å². The number of nitrogens with zero attached hydrogens (tertiary/aromatic N) is 2. The predicted molar refractivity (Wildman–Crippen MR) is 77.5 cm³/mol. The van der Waals surface area contributed by atoms with Gasteiger partial charge < -0.3 is 5.32 Å². The zero-order chi connectivity index (χ0) is 13.0. The molecule has 1 N–H and O–H groups in total. The molecule has 0 aliphatic carbocycles. The molecule has 18 heavy (non-hydrogen) atoms. The highest BCUT2D eigenvalue weighted by Crippen LogP contribution is 2.25. The standard InChI is InChI=1S/C12H11BrFN3S/c13-9-1-2-11(14)10(5-9)8-6-16-12(17-7-8)15-3-4-18/h1-2,5-7,18H,3-4H2,(H,15,16,17). The van der Waals surface area contributed by atoms with E-state index < -0.39 is 0 Å². The second kappa shape index (κ2) is 6.15. The number of aromatic nitrogens is 2.